The molecule has 1 aromatic carbocycles. The van der Waals surface area contributed by atoms with Crippen LogP contribution in [0.5, 0.6) is 0 Å². The molecule has 0 saturated carbocycles. The highest BCUT2D eigenvalue weighted by atomic mass is 32.2. The first-order valence-corrected chi connectivity index (χ1v) is 10.0. The minimum Gasteiger partial charge on any atom is -0.372 e. The first-order chi connectivity index (χ1) is 13.1. The number of halogens is 3. The molecule has 3 saturated heterocycles. The number of benzene rings is 1. The van der Waals surface area contributed by atoms with Crippen LogP contribution in [0.1, 0.15) is 24.0 Å². The highest BCUT2D eigenvalue weighted by molar-refractivity contribution is 7.95. The van der Waals surface area contributed by atoms with E-state index in [0.29, 0.717) is 18.9 Å². The Hall–Kier alpha value is -2.32. The van der Waals surface area contributed by atoms with Crippen molar-refractivity contribution in [3.63, 3.8) is 0 Å². The number of fused-ring (bicyclic) bond motifs is 5. The van der Waals surface area contributed by atoms with E-state index in [2.05, 4.69) is 5.32 Å². The van der Waals surface area contributed by atoms with Gasteiger partial charge in [0, 0.05) is 19.5 Å². The first-order valence-electron chi connectivity index (χ1n) is 8.60. The van der Waals surface area contributed by atoms with Crippen LogP contribution >= 0.6 is 0 Å². The molecule has 4 atom stereocenters. The second-order valence-corrected chi connectivity index (χ2v) is 9.16. The number of ether oxygens (including phenoxy) is 1. The molecule has 28 heavy (non-hydrogen) atoms. The van der Waals surface area contributed by atoms with Crippen LogP contribution in [0.25, 0.3) is 0 Å². The maximum Gasteiger partial charge on any atom is 0.417 e. The molecule has 150 valence electrons. The summed E-state index contributed by atoms with van der Waals surface area (Å²) in [7, 11) is -3.04. The van der Waals surface area contributed by atoms with Crippen molar-refractivity contribution in [3.8, 4) is 6.07 Å². The fourth-order valence-corrected chi connectivity index (χ4v) is 7.31. The number of amides is 1. The van der Waals surface area contributed by atoms with Crippen molar-refractivity contribution < 1.29 is 31.1 Å². The molecule has 3 aliphatic heterocycles. The second kappa shape index (κ2) is 5.84. The van der Waals surface area contributed by atoms with E-state index < -0.39 is 56.1 Å². The van der Waals surface area contributed by atoms with Crippen molar-refractivity contribution in [3.05, 3.63) is 29.3 Å². The van der Waals surface area contributed by atoms with Crippen LogP contribution in [0.4, 0.5) is 18.9 Å². The van der Waals surface area contributed by atoms with Crippen molar-refractivity contribution in [1.29, 1.82) is 5.26 Å². The Balaban J connectivity index is 1.86. The van der Waals surface area contributed by atoms with Gasteiger partial charge in [0.05, 0.1) is 35.1 Å². The van der Waals surface area contributed by atoms with Gasteiger partial charge in [0.15, 0.2) is 0 Å². The van der Waals surface area contributed by atoms with Gasteiger partial charge in [-0.25, -0.2) is 8.42 Å². The van der Waals surface area contributed by atoms with Crippen molar-refractivity contribution in [1.82, 2.24) is 5.32 Å². The number of sulfonamides is 1. The predicted molar refractivity (Wildman–Crippen MR) is 90.6 cm³/mol. The lowest BCUT2D eigenvalue weighted by molar-refractivity contribution is -0.137. The third-order valence-electron chi connectivity index (χ3n) is 5.91. The number of nitrogens with zero attached hydrogens (tertiary/aromatic N) is 2. The third kappa shape index (κ3) is 2.18. The first kappa shape index (κ1) is 19.0. The molecule has 3 fully saturated rings. The number of nitrogens with one attached hydrogen (secondary N) is 1. The molecule has 0 unspecified atom stereocenters. The second-order valence-electron chi connectivity index (χ2n) is 7.09. The van der Waals surface area contributed by atoms with Crippen molar-refractivity contribution in [2.75, 3.05) is 17.9 Å². The van der Waals surface area contributed by atoms with E-state index in [1.165, 1.54) is 13.1 Å². The summed E-state index contributed by atoms with van der Waals surface area (Å²) >= 11 is 0. The predicted octanol–water partition coefficient (Wildman–Crippen LogP) is 1.39. The maximum atomic E-state index is 13.4. The standard InChI is InChI=1S/C17H16F3N3O4S/c1-22-15(24)16-12(13-4-5-14(16)27-13)8-23(28(16,25)26)10-3-2-9(7-21)11(6-10)17(18,19)20/h2-3,6,12-14H,4-5,8H2,1H3,(H,22,24)/t12-,13-,14+,16-/m1/s1. The molecule has 3 heterocycles. The highest BCUT2D eigenvalue weighted by Gasteiger charge is 2.76. The fraction of sp³-hybridized carbons (Fsp3) is 0.529. The Morgan fingerprint density at radius 3 is 2.71 bits per heavy atom. The minimum atomic E-state index is -4.82. The van der Waals surface area contributed by atoms with Gasteiger partial charge in [-0.05, 0) is 31.0 Å². The van der Waals surface area contributed by atoms with Gasteiger partial charge in [-0.3, -0.25) is 9.10 Å². The lowest BCUT2D eigenvalue weighted by atomic mass is 9.78. The number of hydrogen-bond donors (Lipinski definition) is 1. The molecule has 1 N–H and O–H groups in total. The Morgan fingerprint density at radius 2 is 2.11 bits per heavy atom. The number of carbonyl (C=O) groups is 1. The molecule has 3 aliphatic rings. The summed E-state index contributed by atoms with van der Waals surface area (Å²) in [4.78, 5) is 12.7. The molecule has 1 aromatic rings. The van der Waals surface area contributed by atoms with Gasteiger partial charge in [-0.2, -0.15) is 18.4 Å². The quantitative estimate of drug-likeness (QED) is 0.787. The number of hydrogen-bond acceptors (Lipinski definition) is 5. The maximum absolute atomic E-state index is 13.4. The molecule has 0 aliphatic carbocycles. The normalized spacial score (nSPS) is 32.8. The van der Waals surface area contributed by atoms with Crippen LogP contribution in [-0.4, -0.2) is 44.9 Å². The van der Waals surface area contributed by atoms with Crippen LogP contribution in [0.2, 0.25) is 0 Å². The Bertz CT molecular complexity index is 1000. The number of rotatable bonds is 2. The van der Waals surface area contributed by atoms with Gasteiger partial charge >= 0.3 is 6.18 Å². The summed E-state index contributed by atoms with van der Waals surface area (Å²) < 4.78 is 71.5. The van der Waals surface area contributed by atoms with Crippen molar-refractivity contribution >= 4 is 21.6 Å². The number of carbonyl (C=O) groups excluding carboxylic acids is 1. The molecule has 0 aromatic heterocycles. The molecule has 1 amide bonds. The van der Waals surface area contributed by atoms with E-state index in [-0.39, 0.29) is 12.2 Å². The van der Waals surface area contributed by atoms with Crippen LogP contribution in [0.3, 0.4) is 0 Å². The van der Waals surface area contributed by atoms with Crippen molar-refractivity contribution in [2.24, 2.45) is 5.92 Å². The molecule has 11 heteroatoms. The van der Waals surface area contributed by atoms with Gasteiger partial charge in [0.25, 0.3) is 10.0 Å². The molecule has 0 radical (unpaired) electrons. The third-order valence-corrected chi connectivity index (χ3v) is 8.45. The summed E-state index contributed by atoms with van der Waals surface area (Å²) in [5, 5.41) is 11.3. The van der Waals surface area contributed by atoms with Gasteiger partial charge in [0.1, 0.15) is 0 Å². The van der Waals surface area contributed by atoms with Gasteiger partial charge < -0.3 is 10.1 Å². The highest BCUT2D eigenvalue weighted by Crippen LogP contribution is 2.56. The van der Waals surface area contributed by atoms with Crippen LogP contribution < -0.4 is 9.62 Å². The van der Waals surface area contributed by atoms with Crippen LogP contribution in [-0.2, 0) is 25.7 Å². The summed E-state index contributed by atoms with van der Waals surface area (Å²) in [5.74, 6) is -1.39. The number of nitriles is 1. The van der Waals surface area contributed by atoms with Gasteiger partial charge in [-0.1, -0.05) is 0 Å². The summed E-state index contributed by atoms with van der Waals surface area (Å²) in [5.41, 5.74) is -2.03. The SMILES string of the molecule is CNC(=O)[C@]12[C@@H]3CC[C@@H](O3)[C@H]1CN(c1ccc(C#N)c(C(F)(F)F)c1)S2(=O)=O. The largest absolute Gasteiger partial charge is 0.417 e. The average molecular weight is 415 g/mol. The molecule has 0 spiro atoms. The zero-order valence-electron chi connectivity index (χ0n) is 14.7. The van der Waals surface area contributed by atoms with E-state index in [4.69, 9.17) is 10.00 Å². The lowest BCUT2D eigenvalue weighted by Crippen LogP contribution is -2.60. The van der Waals surface area contributed by atoms with Gasteiger partial charge in [0.2, 0.25) is 10.7 Å². The Morgan fingerprint density at radius 1 is 1.39 bits per heavy atom. The Labute approximate surface area is 159 Å². The fourth-order valence-electron chi connectivity index (χ4n) is 4.75. The molecule has 7 nitrogen and oxygen atoms in total. The topological polar surface area (TPSA) is 99.5 Å². The zero-order valence-corrected chi connectivity index (χ0v) is 15.5. The van der Waals surface area contributed by atoms with E-state index in [1.54, 1.807) is 0 Å². The van der Waals surface area contributed by atoms with Crippen molar-refractivity contribution in [2.45, 2.75) is 36.0 Å². The molecular weight excluding hydrogens is 399 g/mol. The van der Waals surface area contributed by atoms with E-state index in [0.717, 1.165) is 16.4 Å². The minimum absolute atomic E-state index is 0.153. The summed E-state index contributed by atoms with van der Waals surface area (Å²) in [6, 6.07) is 4.22. The van der Waals surface area contributed by atoms with E-state index in [1.807, 2.05) is 0 Å². The summed E-state index contributed by atoms with van der Waals surface area (Å²) in [6.07, 6.45) is -5.11. The molecule has 2 bridgehead atoms. The van der Waals surface area contributed by atoms with E-state index >= 15 is 0 Å². The van der Waals surface area contributed by atoms with Crippen LogP contribution in [0.15, 0.2) is 18.2 Å². The smallest absolute Gasteiger partial charge is 0.372 e. The monoisotopic (exact) mass is 415 g/mol. The molecule has 4 rings (SSSR count). The summed E-state index contributed by atoms with van der Waals surface area (Å²) in [6.45, 7) is -0.153. The zero-order chi connectivity index (χ0) is 20.5. The van der Waals surface area contributed by atoms with Crippen LogP contribution in [0, 0.1) is 17.2 Å². The Kier molecular flexibility index (Phi) is 3.97. The van der Waals surface area contributed by atoms with Gasteiger partial charge in [-0.15, -0.1) is 0 Å². The average Bonchev–Trinajstić information content (AvgIpc) is 3.30. The lowest BCUT2D eigenvalue weighted by Gasteiger charge is -2.32. The molecular formula is C17H16F3N3O4S. The number of alkyl halides is 3. The van der Waals surface area contributed by atoms with E-state index in [9.17, 15) is 26.4 Å². The number of anilines is 1.